The van der Waals surface area contributed by atoms with E-state index in [1.54, 1.807) is 12.3 Å². The maximum absolute atomic E-state index is 12.3. The van der Waals surface area contributed by atoms with Gasteiger partial charge in [0.05, 0.1) is 0 Å². The van der Waals surface area contributed by atoms with E-state index in [1.165, 1.54) is 10.6 Å². The Bertz CT molecular complexity index is 463. The van der Waals surface area contributed by atoms with Gasteiger partial charge >= 0.3 is 5.97 Å². The number of hydrogen-bond donors (Lipinski definition) is 1. The third kappa shape index (κ3) is 3.36. The number of carbonyl (C=O) groups excluding carboxylic acids is 1. The normalized spacial score (nSPS) is 14.4. The number of rotatable bonds is 7. The molecule has 0 unspecified atom stereocenters. The van der Waals surface area contributed by atoms with Gasteiger partial charge in [-0.2, -0.15) is 0 Å². The number of nitrogens with zero attached hydrogens (tertiary/aromatic N) is 2. The second-order valence-electron chi connectivity index (χ2n) is 5.00. The lowest BCUT2D eigenvalue weighted by Crippen LogP contribution is -2.36. The van der Waals surface area contributed by atoms with E-state index in [2.05, 4.69) is 6.92 Å². The van der Waals surface area contributed by atoms with Crippen molar-refractivity contribution in [1.29, 1.82) is 0 Å². The molecule has 1 aromatic heterocycles. The molecule has 0 spiro atoms. The lowest BCUT2D eigenvalue weighted by Gasteiger charge is -2.22. The van der Waals surface area contributed by atoms with Gasteiger partial charge in [-0.1, -0.05) is 13.3 Å². The van der Waals surface area contributed by atoms with Gasteiger partial charge in [-0.3, -0.25) is 4.79 Å². The van der Waals surface area contributed by atoms with Crippen molar-refractivity contribution >= 4 is 11.9 Å². The first kappa shape index (κ1) is 13.6. The average Bonchev–Trinajstić information content (AvgIpc) is 3.09. The standard InChI is InChI=1S/C14H20N2O3/c1-2-3-9-16(11-6-7-11)13(17)10-15-8-4-5-12(15)14(18)19/h4-5,8,11H,2-3,6-7,9-10H2,1H3,(H,18,19). The average molecular weight is 264 g/mol. The van der Waals surface area contributed by atoms with Crippen LogP contribution >= 0.6 is 0 Å². The topological polar surface area (TPSA) is 62.5 Å². The summed E-state index contributed by atoms with van der Waals surface area (Å²) >= 11 is 0. The van der Waals surface area contributed by atoms with Crippen molar-refractivity contribution in [3.63, 3.8) is 0 Å². The molecule has 0 aliphatic heterocycles. The third-order valence-electron chi connectivity index (χ3n) is 3.41. The Morgan fingerprint density at radius 3 is 2.79 bits per heavy atom. The molecule has 1 heterocycles. The summed E-state index contributed by atoms with van der Waals surface area (Å²) in [6, 6.07) is 3.55. The summed E-state index contributed by atoms with van der Waals surface area (Å²) in [7, 11) is 0. The summed E-state index contributed by atoms with van der Waals surface area (Å²) in [5, 5.41) is 9.02. The number of carbonyl (C=O) groups is 2. The molecule has 19 heavy (non-hydrogen) atoms. The Labute approximate surface area is 112 Å². The molecule has 2 rings (SSSR count). The molecule has 0 radical (unpaired) electrons. The fourth-order valence-corrected chi connectivity index (χ4v) is 2.21. The molecule has 1 fully saturated rings. The van der Waals surface area contributed by atoms with Gasteiger partial charge in [-0.05, 0) is 31.4 Å². The maximum Gasteiger partial charge on any atom is 0.352 e. The van der Waals surface area contributed by atoms with Crippen LogP contribution in [0.3, 0.4) is 0 Å². The molecule has 1 saturated carbocycles. The molecule has 0 atom stereocenters. The van der Waals surface area contributed by atoms with Crippen LogP contribution in [0.5, 0.6) is 0 Å². The SMILES string of the molecule is CCCCN(C(=O)Cn1cccc1C(=O)O)C1CC1. The molecular formula is C14H20N2O3. The van der Waals surface area contributed by atoms with Crippen molar-refractivity contribution in [2.45, 2.75) is 45.2 Å². The fraction of sp³-hybridized carbons (Fsp3) is 0.571. The molecule has 5 nitrogen and oxygen atoms in total. The van der Waals surface area contributed by atoms with Crippen LogP contribution in [0, 0.1) is 0 Å². The predicted octanol–water partition coefficient (Wildman–Crippen LogP) is 1.98. The van der Waals surface area contributed by atoms with Crippen LogP contribution in [0.4, 0.5) is 0 Å². The van der Waals surface area contributed by atoms with Crippen LogP contribution in [0.25, 0.3) is 0 Å². The lowest BCUT2D eigenvalue weighted by atomic mass is 10.3. The molecule has 0 aromatic carbocycles. The summed E-state index contributed by atoms with van der Waals surface area (Å²) in [6.45, 7) is 3.00. The van der Waals surface area contributed by atoms with Crippen molar-refractivity contribution in [3.8, 4) is 0 Å². The van der Waals surface area contributed by atoms with Crippen LogP contribution in [-0.4, -0.2) is 39.0 Å². The van der Waals surface area contributed by atoms with Crippen LogP contribution in [0.1, 0.15) is 43.1 Å². The van der Waals surface area contributed by atoms with Crippen molar-refractivity contribution in [1.82, 2.24) is 9.47 Å². The van der Waals surface area contributed by atoms with E-state index in [9.17, 15) is 9.59 Å². The summed E-state index contributed by atoms with van der Waals surface area (Å²) in [4.78, 5) is 25.2. The Morgan fingerprint density at radius 2 is 2.21 bits per heavy atom. The first-order valence-corrected chi connectivity index (χ1v) is 6.81. The molecule has 104 valence electrons. The zero-order valence-corrected chi connectivity index (χ0v) is 11.2. The van der Waals surface area contributed by atoms with Crippen molar-refractivity contribution in [3.05, 3.63) is 24.0 Å². The number of carboxylic acids is 1. The summed E-state index contributed by atoms with van der Waals surface area (Å²) in [6.07, 6.45) is 5.85. The number of hydrogen-bond acceptors (Lipinski definition) is 2. The smallest absolute Gasteiger partial charge is 0.352 e. The van der Waals surface area contributed by atoms with E-state index in [4.69, 9.17) is 5.11 Å². The molecule has 5 heteroatoms. The van der Waals surface area contributed by atoms with E-state index in [0.29, 0.717) is 6.04 Å². The Hall–Kier alpha value is -1.78. The molecule has 0 saturated heterocycles. The summed E-state index contributed by atoms with van der Waals surface area (Å²) < 4.78 is 1.51. The van der Waals surface area contributed by atoms with E-state index in [-0.39, 0.29) is 18.1 Å². The van der Waals surface area contributed by atoms with Crippen molar-refractivity contribution in [2.24, 2.45) is 0 Å². The van der Waals surface area contributed by atoms with E-state index >= 15 is 0 Å². The predicted molar refractivity (Wildman–Crippen MR) is 71.0 cm³/mol. The molecule has 0 bridgehead atoms. The zero-order valence-electron chi connectivity index (χ0n) is 11.2. The quantitative estimate of drug-likeness (QED) is 0.819. The van der Waals surface area contributed by atoms with Gasteiger partial charge in [0.2, 0.25) is 5.91 Å². The van der Waals surface area contributed by atoms with Gasteiger partial charge in [0, 0.05) is 18.8 Å². The minimum absolute atomic E-state index is 0.0228. The highest BCUT2D eigenvalue weighted by Crippen LogP contribution is 2.27. The van der Waals surface area contributed by atoms with Crippen LogP contribution in [0.15, 0.2) is 18.3 Å². The molecule has 1 aliphatic carbocycles. The highest BCUT2D eigenvalue weighted by Gasteiger charge is 2.32. The van der Waals surface area contributed by atoms with E-state index < -0.39 is 5.97 Å². The van der Waals surface area contributed by atoms with Gasteiger partial charge in [-0.15, -0.1) is 0 Å². The minimum atomic E-state index is -0.996. The fourth-order valence-electron chi connectivity index (χ4n) is 2.21. The second-order valence-corrected chi connectivity index (χ2v) is 5.00. The third-order valence-corrected chi connectivity index (χ3v) is 3.41. The lowest BCUT2D eigenvalue weighted by molar-refractivity contribution is -0.132. The van der Waals surface area contributed by atoms with Crippen molar-refractivity contribution in [2.75, 3.05) is 6.54 Å². The number of amides is 1. The molecule has 1 amide bonds. The highest BCUT2D eigenvalue weighted by molar-refractivity contribution is 5.87. The molecule has 1 aliphatic rings. The first-order chi connectivity index (χ1) is 9.13. The zero-order chi connectivity index (χ0) is 13.8. The van der Waals surface area contributed by atoms with Gasteiger partial charge in [0.15, 0.2) is 0 Å². The van der Waals surface area contributed by atoms with Crippen LogP contribution in [0.2, 0.25) is 0 Å². The Kier molecular flexibility index (Phi) is 4.24. The van der Waals surface area contributed by atoms with E-state index in [1.807, 2.05) is 4.90 Å². The second kappa shape index (κ2) is 5.91. The van der Waals surface area contributed by atoms with Crippen molar-refractivity contribution < 1.29 is 14.7 Å². The van der Waals surface area contributed by atoms with Crippen LogP contribution in [-0.2, 0) is 11.3 Å². The van der Waals surface area contributed by atoms with E-state index in [0.717, 1.165) is 32.2 Å². The van der Waals surface area contributed by atoms with Gasteiger partial charge < -0.3 is 14.6 Å². The molecule has 1 N–H and O–H groups in total. The highest BCUT2D eigenvalue weighted by atomic mass is 16.4. The first-order valence-electron chi connectivity index (χ1n) is 6.81. The number of unbranched alkanes of at least 4 members (excludes halogenated alkanes) is 1. The number of aromatic carboxylic acids is 1. The van der Waals surface area contributed by atoms with Crippen LogP contribution < -0.4 is 0 Å². The summed E-state index contributed by atoms with van der Waals surface area (Å²) in [5.74, 6) is -0.973. The number of aromatic nitrogens is 1. The largest absolute Gasteiger partial charge is 0.477 e. The van der Waals surface area contributed by atoms with Gasteiger partial charge in [-0.25, -0.2) is 4.79 Å². The summed E-state index contributed by atoms with van der Waals surface area (Å²) in [5.41, 5.74) is 0.166. The Morgan fingerprint density at radius 1 is 1.47 bits per heavy atom. The Balaban J connectivity index is 2.01. The van der Waals surface area contributed by atoms with Gasteiger partial charge in [0.1, 0.15) is 12.2 Å². The maximum atomic E-state index is 12.3. The molecular weight excluding hydrogens is 244 g/mol. The molecule has 1 aromatic rings. The monoisotopic (exact) mass is 264 g/mol. The number of carboxylic acid groups (broad SMARTS) is 1. The minimum Gasteiger partial charge on any atom is -0.477 e. The van der Waals surface area contributed by atoms with Gasteiger partial charge in [0.25, 0.3) is 0 Å².